The molecule has 7 nitrogen and oxygen atoms in total. The molecule has 2 heterocycles. The first-order valence-electron chi connectivity index (χ1n) is 7.66. The number of ether oxygens (including phenoxy) is 2. The van der Waals surface area contributed by atoms with Crippen molar-refractivity contribution in [1.29, 1.82) is 0 Å². The zero-order chi connectivity index (χ0) is 16.4. The van der Waals surface area contributed by atoms with E-state index in [1.807, 2.05) is 36.4 Å². The normalized spacial score (nSPS) is 12.3. The van der Waals surface area contributed by atoms with Crippen LogP contribution in [0.15, 0.2) is 53.3 Å². The number of fused-ring (bicyclic) bond motifs is 1. The number of nitrogens with one attached hydrogen (secondary N) is 2. The third-order valence-corrected chi connectivity index (χ3v) is 3.81. The highest BCUT2D eigenvalue weighted by Gasteiger charge is 2.16. The lowest BCUT2D eigenvalue weighted by molar-refractivity contribution is 0.174. The lowest BCUT2D eigenvalue weighted by Crippen LogP contribution is -2.18. The van der Waals surface area contributed by atoms with Crippen molar-refractivity contribution in [2.75, 3.05) is 18.7 Å². The van der Waals surface area contributed by atoms with Gasteiger partial charge in [0.2, 0.25) is 6.79 Å². The number of hydrogen-bond donors (Lipinski definition) is 2. The summed E-state index contributed by atoms with van der Waals surface area (Å²) in [6.45, 7) is 0.867. The van der Waals surface area contributed by atoms with Crippen LogP contribution in [0.5, 0.6) is 11.5 Å². The van der Waals surface area contributed by atoms with E-state index in [0.29, 0.717) is 36.0 Å². The highest BCUT2D eigenvalue weighted by molar-refractivity contribution is 5.50. The quantitative estimate of drug-likeness (QED) is 0.750. The van der Waals surface area contributed by atoms with Gasteiger partial charge in [0, 0.05) is 24.7 Å². The average molecular weight is 324 g/mol. The Bertz CT molecular complexity index is 902. The summed E-state index contributed by atoms with van der Waals surface area (Å²) in [7, 11) is 0. The molecule has 1 aromatic heterocycles. The number of para-hydroxylation sites is 1. The second-order valence-corrected chi connectivity index (χ2v) is 5.36. The number of benzene rings is 2. The molecule has 2 N–H and O–H groups in total. The number of anilines is 1. The van der Waals surface area contributed by atoms with Crippen LogP contribution in [-0.4, -0.2) is 28.1 Å². The number of hydrogen-bond acceptors (Lipinski definition) is 5. The van der Waals surface area contributed by atoms with E-state index in [1.54, 1.807) is 16.7 Å². The van der Waals surface area contributed by atoms with Crippen LogP contribution in [0.3, 0.4) is 0 Å². The fourth-order valence-corrected chi connectivity index (χ4v) is 2.66. The molecule has 0 unspecified atom stereocenters. The molecule has 0 atom stereocenters. The van der Waals surface area contributed by atoms with Gasteiger partial charge in [-0.25, -0.2) is 14.5 Å². The van der Waals surface area contributed by atoms with Gasteiger partial charge in [-0.3, -0.25) is 0 Å². The van der Waals surface area contributed by atoms with Gasteiger partial charge in [-0.15, -0.1) is 0 Å². The SMILES string of the molecule is O=c1[nH]nc(CCNc2ccccc2)n1-c1ccc2c(c1)OCO2. The van der Waals surface area contributed by atoms with E-state index in [-0.39, 0.29) is 12.5 Å². The summed E-state index contributed by atoms with van der Waals surface area (Å²) in [6, 6.07) is 15.3. The van der Waals surface area contributed by atoms with Gasteiger partial charge in [0.1, 0.15) is 5.82 Å². The van der Waals surface area contributed by atoms with Crippen LogP contribution in [0.4, 0.5) is 5.69 Å². The Kier molecular flexibility index (Phi) is 3.66. The Balaban J connectivity index is 1.54. The van der Waals surface area contributed by atoms with Crippen molar-refractivity contribution in [1.82, 2.24) is 14.8 Å². The zero-order valence-corrected chi connectivity index (χ0v) is 12.9. The third kappa shape index (κ3) is 2.71. The minimum atomic E-state index is -0.274. The van der Waals surface area contributed by atoms with Gasteiger partial charge in [0.25, 0.3) is 0 Å². The second-order valence-electron chi connectivity index (χ2n) is 5.36. The fourth-order valence-electron chi connectivity index (χ4n) is 2.66. The molecular weight excluding hydrogens is 308 g/mol. The first-order chi connectivity index (χ1) is 11.8. The first-order valence-corrected chi connectivity index (χ1v) is 7.66. The summed E-state index contributed by atoms with van der Waals surface area (Å²) in [4.78, 5) is 12.1. The van der Waals surface area contributed by atoms with Crippen LogP contribution in [0, 0.1) is 0 Å². The minimum absolute atomic E-state index is 0.201. The molecule has 0 aliphatic carbocycles. The smallest absolute Gasteiger partial charge is 0.347 e. The van der Waals surface area contributed by atoms with Crippen LogP contribution in [-0.2, 0) is 6.42 Å². The number of aromatic nitrogens is 3. The second kappa shape index (κ2) is 6.11. The molecule has 0 saturated heterocycles. The van der Waals surface area contributed by atoms with Crippen molar-refractivity contribution < 1.29 is 9.47 Å². The number of nitrogens with zero attached hydrogens (tertiary/aromatic N) is 2. The highest BCUT2D eigenvalue weighted by atomic mass is 16.7. The Morgan fingerprint density at radius 1 is 1.12 bits per heavy atom. The van der Waals surface area contributed by atoms with E-state index in [0.717, 1.165) is 5.69 Å². The maximum Gasteiger partial charge on any atom is 0.347 e. The third-order valence-electron chi connectivity index (χ3n) is 3.81. The summed E-state index contributed by atoms with van der Waals surface area (Å²) in [5, 5.41) is 9.95. The molecular formula is C17H16N4O3. The van der Waals surface area contributed by atoms with E-state index >= 15 is 0 Å². The van der Waals surface area contributed by atoms with Crippen molar-refractivity contribution in [3.8, 4) is 17.2 Å². The van der Waals surface area contributed by atoms with Crippen LogP contribution >= 0.6 is 0 Å². The topological polar surface area (TPSA) is 81.2 Å². The van der Waals surface area contributed by atoms with Crippen molar-refractivity contribution in [3.05, 3.63) is 64.8 Å². The maximum absolute atomic E-state index is 12.1. The van der Waals surface area contributed by atoms with Gasteiger partial charge in [-0.05, 0) is 24.3 Å². The summed E-state index contributed by atoms with van der Waals surface area (Å²) >= 11 is 0. The number of H-pyrrole nitrogens is 1. The monoisotopic (exact) mass is 324 g/mol. The lowest BCUT2D eigenvalue weighted by Gasteiger charge is -2.08. The van der Waals surface area contributed by atoms with Gasteiger partial charge < -0.3 is 14.8 Å². The zero-order valence-electron chi connectivity index (χ0n) is 12.9. The highest BCUT2D eigenvalue weighted by Crippen LogP contribution is 2.33. The van der Waals surface area contributed by atoms with Gasteiger partial charge >= 0.3 is 5.69 Å². The molecule has 0 spiro atoms. The van der Waals surface area contributed by atoms with Crippen molar-refractivity contribution in [2.45, 2.75) is 6.42 Å². The van der Waals surface area contributed by atoms with Crippen LogP contribution in [0.1, 0.15) is 5.82 Å². The molecule has 24 heavy (non-hydrogen) atoms. The van der Waals surface area contributed by atoms with E-state index in [2.05, 4.69) is 15.5 Å². The molecule has 3 aromatic rings. The summed E-state index contributed by atoms with van der Waals surface area (Å²) < 4.78 is 12.2. The molecule has 1 aliphatic rings. The molecule has 1 aliphatic heterocycles. The van der Waals surface area contributed by atoms with Crippen LogP contribution in [0.2, 0.25) is 0 Å². The lowest BCUT2D eigenvalue weighted by atomic mass is 10.2. The summed E-state index contributed by atoms with van der Waals surface area (Å²) in [5.74, 6) is 1.97. The largest absolute Gasteiger partial charge is 0.454 e. The standard InChI is InChI=1S/C17H16N4O3/c22-17-20-19-16(8-9-18-12-4-2-1-3-5-12)21(17)13-6-7-14-15(10-13)24-11-23-14/h1-7,10,18H,8-9,11H2,(H,20,22). The average Bonchev–Trinajstić information content (AvgIpc) is 3.22. The van der Waals surface area contributed by atoms with Crippen molar-refractivity contribution in [2.24, 2.45) is 0 Å². The van der Waals surface area contributed by atoms with Crippen LogP contribution in [0.25, 0.3) is 5.69 Å². The molecule has 0 fully saturated rings. The maximum atomic E-state index is 12.1. The minimum Gasteiger partial charge on any atom is -0.454 e. The molecule has 0 radical (unpaired) electrons. The molecule has 7 heteroatoms. The predicted molar refractivity (Wildman–Crippen MR) is 88.9 cm³/mol. The van der Waals surface area contributed by atoms with E-state index in [4.69, 9.17) is 9.47 Å². The Hall–Kier alpha value is -3.22. The Labute approximate surface area is 137 Å². The van der Waals surface area contributed by atoms with Gasteiger partial charge in [0.15, 0.2) is 11.5 Å². The molecule has 0 bridgehead atoms. The Morgan fingerprint density at radius 2 is 1.96 bits per heavy atom. The predicted octanol–water partition coefficient (Wildman–Crippen LogP) is 1.94. The van der Waals surface area contributed by atoms with Crippen molar-refractivity contribution >= 4 is 5.69 Å². The number of aromatic amines is 1. The van der Waals surface area contributed by atoms with Crippen molar-refractivity contribution in [3.63, 3.8) is 0 Å². The summed E-state index contributed by atoms with van der Waals surface area (Å²) in [5.41, 5.74) is 1.46. The molecule has 2 aromatic carbocycles. The van der Waals surface area contributed by atoms with E-state index in [9.17, 15) is 4.79 Å². The number of rotatable bonds is 5. The summed E-state index contributed by atoms with van der Waals surface area (Å²) in [6.07, 6.45) is 0.599. The van der Waals surface area contributed by atoms with E-state index in [1.165, 1.54) is 0 Å². The molecule has 0 saturated carbocycles. The molecule has 0 amide bonds. The first kappa shape index (κ1) is 14.4. The fraction of sp³-hybridized carbons (Fsp3) is 0.176. The Morgan fingerprint density at radius 3 is 2.83 bits per heavy atom. The van der Waals surface area contributed by atoms with Gasteiger partial charge in [0.05, 0.1) is 5.69 Å². The molecule has 122 valence electrons. The van der Waals surface area contributed by atoms with Gasteiger partial charge in [-0.2, -0.15) is 5.10 Å². The van der Waals surface area contributed by atoms with Crippen LogP contribution < -0.4 is 20.5 Å². The molecule has 4 rings (SSSR count). The van der Waals surface area contributed by atoms with Gasteiger partial charge in [-0.1, -0.05) is 18.2 Å². The van der Waals surface area contributed by atoms with E-state index < -0.39 is 0 Å².